The Labute approximate surface area is 122 Å². The molecular weight excluding hydrogens is 276 g/mol. The van der Waals surface area contributed by atoms with Gasteiger partial charge in [0.05, 0.1) is 5.69 Å². The molecule has 19 heavy (non-hydrogen) atoms. The summed E-state index contributed by atoms with van der Waals surface area (Å²) in [5.74, 6) is 0. The second-order valence-electron chi connectivity index (χ2n) is 4.48. The number of thiophene rings is 1. The number of nitrogen functional groups attached to an aromatic ring is 1. The number of nitriles is 1. The van der Waals surface area contributed by atoms with Crippen LogP contribution in [0.1, 0.15) is 29.3 Å². The SMILES string of the molecule is CCCc1c(-c2ccc(Cl)c(C)c2)sc(C#N)c1N. The first kappa shape index (κ1) is 13.9. The molecule has 4 heteroatoms. The van der Waals surface area contributed by atoms with E-state index in [1.54, 1.807) is 0 Å². The Balaban J connectivity index is 2.60. The Morgan fingerprint density at radius 1 is 1.42 bits per heavy atom. The summed E-state index contributed by atoms with van der Waals surface area (Å²) < 4.78 is 0. The fourth-order valence-electron chi connectivity index (χ4n) is 2.08. The Morgan fingerprint density at radius 3 is 2.74 bits per heavy atom. The molecule has 0 radical (unpaired) electrons. The predicted octanol–water partition coefficient (Wildman–Crippen LogP) is 4.78. The number of hydrogen-bond donors (Lipinski definition) is 1. The zero-order valence-electron chi connectivity index (χ0n) is 11.0. The smallest absolute Gasteiger partial charge is 0.128 e. The van der Waals surface area contributed by atoms with Crippen LogP contribution in [0.25, 0.3) is 10.4 Å². The largest absolute Gasteiger partial charge is 0.397 e. The van der Waals surface area contributed by atoms with Gasteiger partial charge in [-0.3, -0.25) is 0 Å². The lowest BCUT2D eigenvalue weighted by Crippen LogP contribution is -1.93. The highest BCUT2D eigenvalue weighted by Crippen LogP contribution is 2.39. The van der Waals surface area contributed by atoms with Crippen molar-refractivity contribution in [3.8, 4) is 16.5 Å². The van der Waals surface area contributed by atoms with Gasteiger partial charge in [-0.25, -0.2) is 0 Å². The van der Waals surface area contributed by atoms with Crippen molar-refractivity contribution in [1.29, 1.82) is 5.26 Å². The Morgan fingerprint density at radius 2 is 2.16 bits per heavy atom. The van der Waals surface area contributed by atoms with Gasteiger partial charge in [-0.15, -0.1) is 11.3 Å². The summed E-state index contributed by atoms with van der Waals surface area (Å²) in [7, 11) is 0. The van der Waals surface area contributed by atoms with Gasteiger partial charge >= 0.3 is 0 Å². The summed E-state index contributed by atoms with van der Waals surface area (Å²) in [6.45, 7) is 4.09. The van der Waals surface area contributed by atoms with Crippen molar-refractivity contribution in [2.45, 2.75) is 26.7 Å². The third-order valence-corrected chi connectivity index (χ3v) is 4.70. The molecule has 2 rings (SSSR count). The molecule has 2 nitrogen and oxygen atoms in total. The fourth-order valence-corrected chi connectivity index (χ4v) is 3.26. The predicted molar refractivity (Wildman–Crippen MR) is 82.6 cm³/mol. The zero-order chi connectivity index (χ0) is 14.0. The molecule has 0 aliphatic carbocycles. The highest BCUT2D eigenvalue weighted by molar-refractivity contribution is 7.16. The molecule has 0 aliphatic heterocycles. The van der Waals surface area contributed by atoms with E-state index in [4.69, 9.17) is 22.6 Å². The van der Waals surface area contributed by atoms with Gasteiger partial charge in [0, 0.05) is 9.90 Å². The topological polar surface area (TPSA) is 49.8 Å². The molecule has 0 saturated heterocycles. The number of rotatable bonds is 3. The Kier molecular flexibility index (Phi) is 4.14. The van der Waals surface area contributed by atoms with Crippen LogP contribution in [0.15, 0.2) is 18.2 Å². The van der Waals surface area contributed by atoms with E-state index in [1.807, 2.05) is 25.1 Å². The van der Waals surface area contributed by atoms with Crippen LogP contribution >= 0.6 is 22.9 Å². The van der Waals surface area contributed by atoms with Gasteiger partial charge in [-0.2, -0.15) is 5.26 Å². The molecule has 1 aromatic heterocycles. The van der Waals surface area contributed by atoms with Crippen LogP contribution in [0.4, 0.5) is 5.69 Å². The minimum atomic E-state index is 0.603. The number of aryl methyl sites for hydroxylation is 1. The van der Waals surface area contributed by atoms with E-state index in [0.717, 1.165) is 39.4 Å². The van der Waals surface area contributed by atoms with Crippen LogP contribution < -0.4 is 5.73 Å². The van der Waals surface area contributed by atoms with Crippen LogP contribution in [-0.2, 0) is 6.42 Å². The summed E-state index contributed by atoms with van der Waals surface area (Å²) in [4.78, 5) is 1.70. The molecule has 0 spiro atoms. The zero-order valence-corrected chi connectivity index (χ0v) is 12.5. The van der Waals surface area contributed by atoms with E-state index in [0.29, 0.717) is 10.6 Å². The van der Waals surface area contributed by atoms with Crippen molar-refractivity contribution < 1.29 is 0 Å². The third kappa shape index (κ3) is 2.60. The van der Waals surface area contributed by atoms with Crippen LogP contribution in [0.2, 0.25) is 5.02 Å². The number of halogens is 1. The molecule has 0 fully saturated rings. The van der Waals surface area contributed by atoms with E-state index >= 15 is 0 Å². The molecule has 0 amide bonds. The van der Waals surface area contributed by atoms with E-state index in [-0.39, 0.29) is 0 Å². The number of nitrogens with zero attached hydrogens (tertiary/aromatic N) is 1. The first-order valence-electron chi connectivity index (χ1n) is 6.16. The van der Waals surface area contributed by atoms with Gasteiger partial charge < -0.3 is 5.73 Å². The van der Waals surface area contributed by atoms with Crippen LogP contribution in [-0.4, -0.2) is 0 Å². The minimum Gasteiger partial charge on any atom is -0.397 e. The first-order chi connectivity index (χ1) is 9.08. The van der Waals surface area contributed by atoms with Gasteiger partial charge in [0.2, 0.25) is 0 Å². The van der Waals surface area contributed by atoms with Crippen LogP contribution in [0.5, 0.6) is 0 Å². The fraction of sp³-hybridized carbons (Fsp3) is 0.267. The highest BCUT2D eigenvalue weighted by atomic mass is 35.5. The summed E-state index contributed by atoms with van der Waals surface area (Å²) in [6, 6.07) is 8.11. The third-order valence-electron chi connectivity index (χ3n) is 3.07. The van der Waals surface area contributed by atoms with Crippen molar-refractivity contribution in [3.05, 3.63) is 39.2 Å². The molecule has 0 aliphatic rings. The molecule has 98 valence electrons. The number of nitrogens with two attached hydrogens (primary N) is 1. The normalized spacial score (nSPS) is 10.4. The van der Waals surface area contributed by atoms with Crippen molar-refractivity contribution in [3.63, 3.8) is 0 Å². The highest BCUT2D eigenvalue weighted by Gasteiger charge is 2.16. The lowest BCUT2D eigenvalue weighted by atomic mass is 10.0. The lowest BCUT2D eigenvalue weighted by Gasteiger charge is -2.06. The molecule has 1 aromatic carbocycles. The molecular formula is C15H15ClN2S. The van der Waals surface area contributed by atoms with Gasteiger partial charge in [-0.1, -0.05) is 31.0 Å². The van der Waals surface area contributed by atoms with Gasteiger partial charge in [0.1, 0.15) is 10.9 Å². The first-order valence-corrected chi connectivity index (χ1v) is 7.35. The molecule has 2 aromatic rings. The van der Waals surface area contributed by atoms with Crippen molar-refractivity contribution in [2.24, 2.45) is 0 Å². The maximum atomic E-state index is 9.13. The van der Waals surface area contributed by atoms with Crippen LogP contribution in [0, 0.1) is 18.3 Å². The van der Waals surface area contributed by atoms with Gasteiger partial charge in [0.25, 0.3) is 0 Å². The minimum absolute atomic E-state index is 0.603. The lowest BCUT2D eigenvalue weighted by molar-refractivity contribution is 0.930. The number of benzene rings is 1. The number of hydrogen-bond acceptors (Lipinski definition) is 3. The molecule has 2 N–H and O–H groups in total. The van der Waals surface area contributed by atoms with E-state index < -0.39 is 0 Å². The molecule has 1 heterocycles. The number of anilines is 1. The summed E-state index contributed by atoms with van der Waals surface area (Å²) in [5.41, 5.74) is 9.91. The Hall–Kier alpha value is -1.50. The van der Waals surface area contributed by atoms with Crippen molar-refractivity contribution >= 4 is 28.6 Å². The second-order valence-corrected chi connectivity index (χ2v) is 5.91. The van der Waals surface area contributed by atoms with E-state index in [1.165, 1.54) is 11.3 Å². The quantitative estimate of drug-likeness (QED) is 0.884. The summed E-state index contributed by atoms with van der Waals surface area (Å²) >= 11 is 7.52. The molecule has 0 atom stereocenters. The van der Waals surface area contributed by atoms with Crippen molar-refractivity contribution in [2.75, 3.05) is 5.73 Å². The maximum absolute atomic E-state index is 9.13. The van der Waals surface area contributed by atoms with Crippen molar-refractivity contribution in [1.82, 2.24) is 0 Å². The second kappa shape index (κ2) is 5.64. The van der Waals surface area contributed by atoms with Crippen LogP contribution in [0.3, 0.4) is 0 Å². The van der Waals surface area contributed by atoms with E-state index in [9.17, 15) is 0 Å². The average molecular weight is 291 g/mol. The summed E-state index contributed by atoms with van der Waals surface area (Å²) in [5, 5.41) is 9.88. The molecule has 0 saturated carbocycles. The standard InChI is InChI=1S/C15H15ClN2S/c1-3-4-11-14(18)13(8-17)19-15(11)10-5-6-12(16)9(2)7-10/h5-7H,3-4,18H2,1-2H3. The molecule has 0 bridgehead atoms. The summed E-state index contributed by atoms with van der Waals surface area (Å²) in [6.07, 6.45) is 1.90. The average Bonchev–Trinajstić information content (AvgIpc) is 2.71. The van der Waals surface area contributed by atoms with E-state index in [2.05, 4.69) is 13.0 Å². The monoisotopic (exact) mass is 290 g/mol. The maximum Gasteiger partial charge on any atom is 0.128 e. The van der Waals surface area contributed by atoms with Gasteiger partial charge in [-0.05, 0) is 42.2 Å². The molecule has 0 unspecified atom stereocenters. The van der Waals surface area contributed by atoms with Gasteiger partial charge in [0.15, 0.2) is 0 Å². The Bertz CT molecular complexity index is 653.